The molecular weight excluding hydrogens is 183 g/mol. The summed E-state index contributed by atoms with van der Waals surface area (Å²) in [5.74, 6) is 0. The molecule has 0 amide bonds. The van der Waals surface area contributed by atoms with E-state index in [1.165, 1.54) is 0 Å². The number of hydrogen-bond acceptors (Lipinski definition) is 4. The summed E-state index contributed by atoms with van der Waals surface area (Å²) in [6, 6.07) is 0. The van der Waals surface area contributed by atoms with Crippen LogP contribution in [0, 0.1) is 0 Å². The molecule has 0 saturated carbocycles. The van der Waals surface area contributed by atoms with Gasteiger partial charge in [0.25, 0.3) is 0 Å². The molecule has 32 valence electrons. The average molecular weight is 184 g/mol. The smallest absolute Gasteiger partial charge is 0.822 e. The molecule has 0 heterocycles. The van der Waals surface area contributed by atoms with Gasteiger partial charge in [-0.2, -0.15) is 7.82 Å². The van der Waals surface area contributed by atoms with Gasteiger partial charge in [0, 0.05) is 0 Å². The molecule has 4 nitrogen and oxygen atoms in total. The standard InChI is InChI=1S/H3O4P.Sr/c1-5(2,3)4;/h(H3,1,2,3,4);/q;+2/p-2. The Morgan fingerprint density at radius 3 is 1.33 bits per heavy atom. The van der Waals surface area contributed by atoms with Crippen LogP contribution in [0.5, 0.6) is 0 Å². The molecule has 0 spiro atoms. The van der Waals surface area contributed by atoms with E-state index < -0.39 is 7.82 Å². The van der Waals surface area contributed by atoms with Crippen molar-refractivity contribution < 1.29 is 20.7 Å². The second-order valence-corrected chi connectivity index (χ2v) is 1.34. The van der Waals surface area contributed by atoms with Crippen LogP contribution in [-0.4, -0.2) is 45.5 Å². The van der Waals surface area contributed by atoms with E-state index in [1.54, 1.807) is 0 Å². The maximum Gasteiger partial charge on any atom is 2.00 e. The van der Waals surface area contributed by atoms with Gasteiger partial charge in [0.1, 0.15) is 0 Å². The third kappa shape index (κ3) is 46.6. The van der Waals surface area contributed by atoms with Crippen molar-refractivity contribution in [2.45, 2.75) is 0 Å². The summed E-state index contributed by atoms with van der Waals surface area (Å²) in [5.41, 5.74) is 0. The molecule has 0 radical (unpaired) electrons. The van der Waals surface area contributed by atoms with Crippen molar-refractivity contribution >= 4 is 53.3 Å². The Hall–Kier alpha value is 1.59. The van der Waals surface area contributed by atoms with E-state index >= 15 is 0 Å². The third-order valence-electron chi connectivity index (χ3n) is 0. The predicted molar refractivity (Wildman–Crippen MR) is 14.5 cm³/mol. The van der Waals surface area contributed by atoms with E-state index in [9.17, 15) is 0 Å². The Balaban J connectivity index is -0.0000000800. The largest absolute Gasteiger partial charge is 2.00 e. The van der Waals surface area contributed by atoms with Crippen LogP contribution < -0.4 is 14.7 Å². The van der Waals surface area contributed by atoms with Gasteiger partial charge < -0.3 is 19.2 Å². The minimum Gasteiger partial charge on any atom is -0.822 e. The van der Waals surface area contributed by atoms with Gasteiger partial charge in [0.2, 0.25) is 0 Å². The average Bonchev–Trinajstić information content (AvgIpc) is 0.722. The van der Waals surface area contributed by atoms with Crippen molar-refractivity contribution in [3.05, 3.63) is 0 Å². The van der Waals surface area contributed by atoms with Crippen LogP contribution in [0.1, 0.15) is 1.43 Å². The van der Waals surface area contributed by atoms with Crippen LogP contribution in [0.15, 0.2) is 0 Å². The molecule has 0 unspecified atom stereocenters. The van der Waals surface area contributed by atoms with Crippen LogP contribution in [0.4, 0.5) is 0 Å². The molecule has 0 aliphatic rings. The summed E-state index contributed by atoms with van der Waals surface area (Å²) in [7, 11) is -5.39. The number of phosphoric acid groups is 1. The summed E-state index contributed by atoms with van der Waals surface area (Å²) in [6.45, 7) is 0. The van der Waals surface area contributed by atoms with Crippen LogP contribution in [-0.2, 0) is 4.57 Å². The zero-order chi connectivity index (χ0) is 4.50. The molecule has 0 aromatic carbocycles. The molecule has 0 bridgehead atoms. The first-order valence-electron chi connectivity index (χ1n) is 0.730. The van der Waals surface area contributed by atoms with Gasteiger partial charge in [0.15, 0.2) is 0 Å². The normalized spacial score (nSPS) is 9.83. The van der Waals surface area contributed by atoms with Gasteiger partial charge >= 0.3 is 46.9 Å². The van der Waals surface area contributed by atoms with Crippen molar-refractivity contribution in [3.8, 4) is 0 Å². The van der Waals surface area contributed by atoms with Crippen molar-refractivity contribution in [2.24, 2.45) is 0 Å². The molecule has 6 heavy (non-hydrogen) atoms. The Morgan fingerprint density at radius 2 is 1.33 bits per heavy atom. The van der Waals surface area contributed by atoms with E-state index in [0.717, 1.165) is 0 Å². The summed E-state index contributed by atoms with van der Waals surface area (Å²) < 4.78 is 8.55. The summed E-state index contributed by atoms with van der Waals surface area (Å²) in [5, 5.41) is 0. The molecule has 6 heteroatoms. The van der Waals surface area contributed by atoms with Crippen molar-refractivity contribution in [1.82, 2.24) is 0 Å². The monoisotopic (exact) mass is 184 g/mol. The number of hydrogen-bond donors (Lipinski definition) is 0. The summed E-state index contributed by atoms with van der Waals surface area (Å²) >= 11 is 0. The van der Waals surface area contributed by atoms with Gasteiger partial charge in [-0.15, -0.1) is 0 Å². The van der Waals surface area contributed by atoms with Gasteiger partial charge in [-0.3, -0.25) is 0 Å². The minimum absolute atomic E-state index is 0. The second-order valence-electron chi connectivity index (χ2n) is 0.447. The number of rotatable bonds is 0. The molecule has 0 rings (SSSR count). The van der Waals surface area contributed by atoms with Gasteiger partial charge in [-0.1, -0.05) is 0 Å². The zero-order valence-corrected chi connectivity index (χ0v) is 7.16. The van der Waals surface area contributed by atoms with Crippen LogP contribution in [0.2, 0.25) is 0 Å². The van der Waals surface area contributed by atoms with Crippen LogP contribution in [0.25, 0.3) is 0 Å². The van der Waals surface area contributed by atoms with Crippen LogP contribution in [0.3, 0.4) is 0 Å². The Morgan fingerprint density at radius 1 is 1.33 bits per heavy atom. The van der Waals surface area contributed by atoms with E-state index in [2.05, 4.69) is 0 Å². The fraction of sp³-hybridized carbons (Fsp3) is 0. The Labute approximate surface area is 73.2 Å². The Kier molecular flexibility index (Phi) is 6.29. The first-order chi connectivity index (χ1) is 2.00. The minimum atomic E-state index is -5.39. The quantitative estimate of drug-likeness (QED) is 0.294. The molecule has 0 aliphatic carbocycles. The first kappa shape index (κ1) is 10.5. The van der Waals surface area contributed by atoms with Gasteiger partial charge in [0.05, 0.1) is 0 Å². The van der Waals surface area contributed by atoms with E-state index in [0.29, 0.717) is 0 Å². The van der Waals surface area contributed by atoms with Gasteiger partial charge in [-0.25, -0.2) is 0 Å². The molecule has 0 N–H and O–H groups in total. The van der Waals surface area contributed by atoms with E-state index in [4.69, 9.17) is 19.2 Å². The maximum absolute atomic E-state index is 8.55. The van der Waals surface area contributed by atoms with Gasteiger partial charge in [-0.05, 0) is 0 Å². The third-order valence-corrected chi connectivity index (χ3v) is 0. The topological polar surface area (TPSA) is 86.2 Å². The Bertz CT molecular complexity index is 57.8. The summed E-state index contributed by atoms with van der Waals surface area (Å²) in [4.78, 5) is 25.6. The zero-order valence-electron chi connectivity index (χ0n) is 3.79. The summed E-state index contributed by atoms with van der Waals surface area (Å²) in [6.07, 6.45) is 0. The fourth-order valence-corrected chi connectivity index (χ4v) is 0. The predicted octanol–water partition coefficient (Wildman–Crippen LogP) is -3.09. The first-order valence-corrected chi connectivity index (χ1v) is 2.19. The molecule has 0 atom stereocenters. The SMILES string of the molecule is O=P([O-])([O-])[O-].[H+].[Sr+2]. The van der Waals surface area contributed by atoms with E-state index in [-0.39, 0.29) is 46.9 Å². The van der Waals surface area contributed by atoms with Crippen LogP contribution >= 0.6 is 7.82 Å². The van der Waals surface area contributed by atoms with E-state index in [1.807, 2.05) is 0 Å². The second kappa shape index (κ2) is 3.58. The molecule has 0 fully saturated rings. The maximum atomic E-state index is 8.55. The molecule has 0 aromatic rings. The van der Waals surface area contributed by atoms with Crippen molar-refractivity contribution in [1.29, 1.82) is 0 Å². The van der Waals surface area contributed by atoms with Crippen molar-refractivity contribution in [2.75, 3.05) is 0 Å². The van der Waals surface area contributed by atoms with Crippen molar-refractivity contribution in [3.63, 3.8) is 0 Å². The molecule has 0 saturated heterocycles. The molecular formula is HO4PSr. The fourth-order valence-electron chi connectivity index (χ4n) is 0. The molecule has 0 aromatic heterocycles. The molecule has 0 aliphatic heterocycles.